The largest absolute Gasteiger partial charge is 0.482 e. The standard InChI is InChI=1S/C14H14N4O2/c1-8-16-10(6-13(15-2)17-8)9-3-4-12-11(5-9)18-14(19)7-20-12/h3-6H,7H2,1-2H3,(H,18,19)(H,15,16,17). The Morgan fingerprint density at radius 1 is 1.30 bits per heavy atom. The molecule has 0 bridgehead atoms. The molecule has 0 spiro atoms. The highest BCUT2D eigenvalue weighted by Gasteiger charge is 2.16. The van der Waals surface area contributed by atoms with Crippen LogP contribution in [0.25, 0.3) is 11.3 Å². The Bertz CT molecular complexity index is 685. The van der Waals surface area contributed by atoms with Crippen LogP contribution in [-0.2, 0) is 4.79 Å². The van der Waals surface area contributed by atoms with Gasteiger partial charge in [-0.1, -0.05) is 0 Å². The van der Waals surface area contributed by atoms with E-state index in [4.69, 9.17) is 4.74 Å². The lowest BCUT2D eigenvalue weighted by Gasteiger charge is -2.18. The summed E-state index contributed by atoms with van der Waals surface area (Å²) < 4.78 is 5.34. The Kier molecular flexibility index (Phi) is 2.98. The molecule has 3 rings (SSSR count). The quantitative estimate of drug-likeness (QED) is 0.870. The van der Waals surface area contributed by atoms with Gasteiger partial charge in [-0.05, 0) is 25.1 Å². The van der Waals surface area contributed by atoms with Crippen LogP contribution in [-0.4, -0.2) is 29.5 Å². The van der Waals surface area contributed by atoms with E-state index in [9.17, 15) is 4.79 Å². The van der Waals surface area contributed by atoms with Crippen LogP contribution in [0.1, 0.15) is 5.82 Å². The van der Waals surface area contributed by atoms with Crippen LogP contribution in [0.15, 0.2) is 24.3 Å². The number of carbonyl (C=O) groups excluding carboxylic acids is 1. The van der Waals surface area contributed by atoms with Crippen molar-refractivity contribution in [2.45, 2.75) is 6.92 Å². The molecule has 1 aliphatic rings. The van der Waals surface area contributed by atoms with E-state index in [-0.39, 0.29) is 12.5 Å². The number of hydrogen-bond acceptors (Lipinski definition) is 5. The Hall–Kier alpha value is -2.63. The van der Waals surface area contributed by atoms with E-state index < -0.39 is 0 Å². The number of aromatic nitrogens is 2. The van der Waals surface area contributed by atoms with E-state index in [2.05, 4.69) is 20.6 Å². The molecule has 1 amide bonds. The van der Waals surface area contributed by atoms with Crippen molar-refractivity contribution in [1.29, 1.82) is 0 Å². The fourth-order valence-electron chi connectivity index (χ4n) is 2.09. The molecule has 0 unspecified atom stereocenters. The molecule has 6 nitrogen and oxygen atoms in total. The number of aryl methyl sites for hydroxylation is 1. The van der Waals surface area contributed by atoms with E-state index in [1.165, 1.54) is 0 Å². The molecule has 0 atom stereocenters. The lowest BCUT2D eigenvalue weighted by atomic mass is 10.1. The Morgan fingerprint density at radius 3 is 2.95 bits per heavy atom. The number of hydrogen-bond donors (Lipinski definition) is 2. The van der Waals surface area contributed by atoms with Crippen molar-refractivity contribution in [2.75, 3.05) is 24.3 Å². The molecule has 0 radical (unpaired) electrons. The van der Waals surface area contributed by atoms with E-state index in [1.807, 2.05) is 38.2 Å². The third-order valence-electron chi connectivity index (χ3n) is 3.00. The average molecular weight is 270 g/mol. The topological polar surface area (TPSA) is 76.1 Å². The van der Waals surface area contributed by atoms with Gasteiger partial charge in [-0.15, -0.1) is 0 Å². The van der Waals surface area contributed by atoms with Crippen molar-refractivity contribution in [1.82, 2.24) is 9.97 Å². The maximum atomic E-state index is 11.4. The summed E-state index contributed by atoms with van der Waals surface area (Å²) in [7, 11) is 1.81. The zero-order chi connectivity index (χ0) is 14.1. The van der Waals surface area contributed by atoms with Crippen LogP contribution in [0, 0.1) is 6.92 Å². The predicted octanol–water partition coefficient (Wildman–Crippen LogP) is 1.82. The molecule has 0 saturated carbocycles. The van der Waals surface area contributed by atoms with Crippen molar-refractivity contribution in [3.8, 4) is 17.0 Å². The first-order valence-electron chi connectivity index (χ1n) is 6.26. The number of carbonyl (C=O) groups is 1. The molecule has 2 aromatic rings. The zero-order valence-electron chi connectivity index (χ0n) is 11.2. The summed E-state index contributed by atoms with van der Waals surface area (Å²) in [5.74, 6) is 1.97. The fraction of sp³-hybridized carbons (Fsp3) is 0.214. The van der Waals surface area contributed by atoms with Gasteiger partial charge in [0.1, 0.15) is 17.4 Å². The summed E-state index contributed by atoms with van der Waals surface area (Å²) in [5.41, 5.74) is 2.36. The molecule has 0 saturated heterocycles. The van der Waals surface area contributed by atoms with Gasteiger partial charge in [0.05, 0.1) is 11.4 Å². The van der Waals surface area contributed by atoms with Gasteiger partial charge in [-0.2, -0.15) is 0 Å². The number of ether oxygens (including phenoxy) is 1. The molecule has 0 fully saturated rings. The number of rotatable bonds is 2. The third kappa shape index (κ3) is 2.27. The van der Waals surface area contributed by atoms with Crippen LogP contribution < -0.4 is 15.4 Å². The molecular weight excluding hydrogens is 256 g/mol. The summed E-state index contributed by atoms with van der Waals surface area (Å²) in [6.45, 7) is 1.90. The molecule has 1 aliphatic heterocycles. The second-order valence-electron chi connectivity index (χ2n) is 4.48. The second kappa shape index (κ2) is 4.80. The summed E-state index contributed by atoms with van der Waals surface area (Å²) in [5, 5.41) is 5.79. The smallest absolute Gasteiger partial charge is 0.262 e. The molecule has 0 aliphatic carbocycles. The molecule has 102 valence electrons. The maximum Gasteiger partial charge on any atom is 0.262 e. The van der Waals surface area contributed by atoms with Crippen LogP contribution in [0.2, 0.25) is 0 Å². The van der Waals surface area contributed by atoms with Crippen molar-refractivity contribution in [3.63, 3.8) is 0 Å². The second-order valence-corrected chi connectivity index (χ2v) is 4.48. The number of fused-ring (bicyclic) bond motifs is 1. The molecule has 20 heavy (non-hydrogen) atoms. The van der Waals surface area contributed by atoms with Gasteiger partial charge in [-0.3, -0.25) is 4.79 Å². The number of anilines is 2. The minimum absolute atomic E-state index is 0.0584. The van der Waals surface area contributed by atoms with Gasteiger partial charge >= 0.3 is 0 Å². The van der Waals surface area contributed by atoms with Crippen LogP contribution in [0.5, 0.6) is 5.75 Å². The van der Waals surface area contributed by atoms with Gasteiger partial charge in [-0.25, -0.2) is 9.97 Å². The summed E-state index contributed by atoms with van der Waals surface area (Å²) in [6, 6.07) is 7.46. The Morgan fingerprint density at radius 2 is 2.15 bits per heavy atom. The van der Waals surface area contributed by atoms with Crippen LogP contribution in [0.4, 0.5) is 11.5 Å². The SMILES string of the molecule is CNc1cc(-c2ccc3c(c2)NC(=O)CO3)nc(C)n1. The van der Waals surface area contributed by atoms with Gasteiger partial charge in [0, 0.05) is 18.7 Å². The van der Waals surface area contributed by atoms with Gasteiger partial charge in [0.25, 0.3) is 5.91 Å². The highest BCUT2D eigenvalue weighted by Crippen LogP contribution is 2.32. The highest BCUT2D eigenvalue weighted by atomic mass is 16.5. The van der Waals surface area contributed by atoms with E-state index in [1.54, 1.807) is 0 Å². The van der Waals surface area contributed by atoms with Gasteiger partial charge in [0.2, 0.25) is 0 Å². The highest BCUT2D eigenvalue weighted by molar-refractivity contribution is 5.96. The minimum atomic E-state index is -0.149. The number of nitrogens with one attached hydrogen (secondary N) is 2. The summed E-state index contributed by atoms with van der Waals surface area (Å²) in [4.78, 5) is 20.0. The zero-order valence-corrected chi connectivity index (χ0v) is 11.2. The first-order chi connectivity index (χ1) is 9.65. The monoisotopic (exact) mass is 270 g/mol. The van der Waals surface area contributed by atoms with Gasteiger partial charge < -0.3 is 15.4 Å². The Labute approximate surface area is 116 Å². The third-order valence-corrected chi connectivity index (χ3v) is 3.00. The molecule has 1 aromatic heterocycles. The van der Waals surface area contributed by atoms with Crippen molar-refractivity contribution >= 4 is 17.4 Å². The predicted molar refractivity (Wildman–Crippen MR) is 75.9 cm³/mol. The van der Waals surface area contributed by atoms with Crippen molar-refractivity contribution in [2.24, 2.45) is 0 Å². The minimum Gasteiger partial charge on any atom is -0.482 e. The van der Waals surface area contributed by atoms with Crippen LogP contribution in [0.3, 0.4) is 0 Å². The molecule has 6 heteroatoms. The first kappa shape index (κ1) is 12.4. The van der Waals surface area contributed by atoms with Crippen LogP contribution >= 0.6 is 0 Å². The molecule has 2 heterocycles. The fourth-order valence-corrected chi connectivity index (χ4v) is 2.09. The summed E-state index contributed by atoms with van der Waals surface area (Å²) in [6.07, 6.45) is 0. The maximum absolute atomic E-state index is 11.4. The summed E-state index contributed by atoms with van der Waals surface area (Å²) >= 11 is 0. The van der Waals surface area contributed by atoms with E-state index >= 15 is 0 Å². The normalized spacial score (nSPS) is 13.2. The lowest BCUT2D eigenvalue weighted by Crippen LogP contribution is -2.25. The first-order valence-corrected chi connectivity index (χ1v) is 6.26. The average Bonchev–Trinajstić information content (AvgIpc) is 2.45. The number of amides is 1. The molecular formula is C14H14N4O2. The number of benzene rings is 1. The number of nitrogens with zero attached hydrogens (tertiary/aromatic N) is 2. The van der Waals surface area contributed by atoms with Crippen molar-refractivity contribution in [3.05, 3.63) is 30.1 Å². The van der Waals surface area contributed by atoms with Crippen molar-refractivity contribution < 1.29 is 9.53 Å². The molecule has 2 N–H and O–H groups in total. The Balaban J connectivity index is 2.04. The van der Waals surface area contributed by atoms with E-state index in [0.29, 0.717) is 17.3 Å². The lowest BCUT2D eigenvalue weighted by molar-refractivity contribution is -0.118. The van der Waals surface area contributed by atoms with Gasteiger partial charge in [0.15, 0.2) is 6.61 Å². The molecule has 1 aromatic carbocycles. The van der Waals surface area contributed by atoms with E-state index in [0.717, 1.165) is 17.1 Å².